The lowest BCUT2D eigenvalue weighted by Crippen LogP contribution is -2.46. The van der Waals surface area contributed by atoms with Crippen molar-refractivity contribution < 1.29 is 19.1 Å². The largest absolute Gasteiger partial charge is 0.497 e. The van der Waals surface area contributed by atoms with Crippen LogP contribution in [0, 0.1) is 0 Å². The Morgan fingerprint density at radius 2 is 1.84 bits per heavy atom. The van der Waals surface area contributed by atoms with Gasteiger partial charge in [0, 0.05) is 6.54 Å². The van der Waals surface area contributed by atoms with Crippen molar-refractivity contribution in [3.63, 3.8) is 0 Å². The second-order valence-corrected chi connectivity index (χ2v) is 6.06. The Hall–Kier alpha value is -2.57. The number of nitrogens with one attached hydrogen (secondary N) is 2. The third-order valence-electron chi connectivity index (χ3n) is 4.65. The molecular formula is C18H25N3O4. The normalized spacial score (nSPS) is 15.9. The van der Waals surface area contributed by atoms with Crippen molar-refractivity contribution in [2.24, 2.45) is 0 Å². The van der Waals surface area contributed by atoms with Crippen molar-refractivity contribution in [2.75, 3.05) is 20.2 Å². The first-order valence-corrected chi connectivity index (χ1v) is 8.49. The first-order chi connectivity index (χ1) is 12.0. The van der Waals surface area contributed by atoms with E-state index in [0.29, 0.717) is 25.8 Å². The summed E-state index contributed by atoms with van der Waals surface area (Å²) < 4.78 is 5.10. The number of urea groups is 1. The molecule has 0 atom stereocenters. The van der Waals surface area contributed by atoms with Crippen molar-refractivity contribution in [1.29, 1.82) is 0 Å². The van der Waals surface area contributed by atoms with Gasteiger partial charge in [-0.15, -0.1) is 0 Å². The first kappa shape index (κ1) is 18.8. The highest BCUT2D eigenvalue weighted by atomic mass is 16.5. The zero-order chi connectivity index (χ0) is 18.4. The van der Waals surface area contributed by atoms with Crippen molar-refractivity contribution >= 4 is 17.8 Å². The summed E-state index contributed by atoms with van der Waals surface area (Å²) in [5, 5.41) is 5.46. The summed E-state index contributed by atoms with van der Waals surface area (Å²) in [4.78, 5) is 37.5. The molecule has 2 N–H and O–H groups in total. The van der Waals surface area contributed by atoms with Gasteiger partial charge in [0.2, 0.25) is 5.91 Å². The van der Waals surface area contributed by atoms with E-state index >= 15 is 0 Å². The molecule has 0 unspecified atom stereocenters. The number of amides is 4. The Morgan fingerprint density at radius 3 is 2.36 bits per heavy atom. The monoisotopic (exact) mass is 347 g/mol. The molecule has 0 spiro atoms. The van der Waals surface area contributed by atoms with Crippen LogP contribution >= 0.6 is 0 Å². The number of nitrogens with zero attached hydrogens (tertiary/aromatic N) is 1. The van der Waals surface area contributed by atoms with Crippen LogP contribution in [0.15, 0.2) is 24.3 Å². The maximum Gasteiger partial charge on any atom is 0.325 e. The lowest BCUT2D eigenvalue weighted by molar-refractivity contribution is -0.135. The lowest BCUT2D eigenvalue weighted by atomic mass is 9.93. The number of ether oxygens (including phenoxy) is 1. The molecule has 0 saturated carbocycles. The maximum absolute atomic E-state index is 12.4. The molecule has 7 nitrogen and oxygen atoms in total. The molecule has 4 amide bonds. The van der Waals surface area contributed by atoms with Gasteiger partial charge in [-0.1, -0.05) is 26.0 Å². The van der Waals surface area contributed by atoms with Crippen molar-refractivity contribution in [2.45, 2.75) is 38.6 Å². The summed E-state index contributed by atoms with van der Waals surface area (Å²) in [6.07, 6.45) is 1.66. The van der Waals surface area contributed by atoms with Gasteiger partial charge >= 0.3 is 6.03 Å². The van der Waals surface area contributed by atoms with Crippen LogP contribution in [0.5, 0.6) is 5.75 Å². The molecule has 1 aromatic carbocycles. The van der Waals surface area contributed by atoms with Gasteiger partial charge in [0.1, 0.15) is 17.8 Å². The van der Waals surface area contributed by atoms with Gasteiger partial charge in [-0.25, -0.2) is 4.79 Å². The van der Waals surface area contributed by atoms with Gasteiger partial charge < -0.3 is 15.4 Å². The number of hydrogen-bond donors (Lipinski definition) is 2. The molecule has 1 fully saturated rings. The second-order valence-electron chi connectivity index (χ2n) is 6.06. The third-order valence-corrected chi connectivity index (χ3v) is 4.65. The van der Waals surface area contributed by atoms with E-state index in [9.17, 15) is 14.4 Å². The molecule has 0 radical (unpaired) electrons. The van der Waals surface area contributed by atoms with Crippen LogP contribution in [0.25, 0.3) is 0 Å². The van der Waals surface area contributed by atoms with E-state index in [4.69, 9.17) is 4.74 Å². The molecule has 1 heterocycles. The van der Waals surface area contributed by atoms with Crippen LogP contribution in [-0.2, 0) is 16.0 Å². The SMILES string of the molecule is CCC1(CC)NC(=O)N(CC(=O)NCCc2ccc(OC)cc2)C1=O. The van der Waals surface area contributed by atoms with E-state index in [1.165, 1.54) is 0 Å². The Bertz CT molecular complexity index is 638. The minimum Gasteiger partial charge on any atom is -0.497 e. The summed E-state index contributed by atoms with van der Waals surface area (Å²) in [6.45, 7) is 3.87. The molecular weight excluding hydrogens is 322 g/mol. The van der Waals surface area contributed by atoms with Crippen LogP contribution in [0.3, 0.4) is 0 Å². The fourth-order valence-electron chi connectivity index (χ4n) is 2.89. The summed E-state index contributed by atoms with van der Waals surface area (Å²) >= 11 is 0. The van der Waals surface area contributed by atoms with E-state index in [1.807, 2.05) is 38.1 Å². The fraction of sp³-hybridized carbons (Fsp3) is 0.500. The van der Waals surface area contributed by atoms with Gasteiger partial charge in [-0.3, -0.25) is 14.5 Å². The van der Waals surface area contributed by atoms with Crippen LogP contribution in [0.4, 0.5) is 4.79 Å². The van der Waals surface area contributed by atoms with Gasteiger partial charge in [-0.2, -0.15) is 0 Å². The van der Waals surface area contributed by atoms with E-state index in [2.05, 4.69) is 10.6 Å². The average Bonchev–Trinajstić information content (AvgIpc) is 2.87. The van der Waals surface area contributed by atoms with Crippen LogP contribution < -0.4 is 15.4 Å². The number of carbonyl (C=O) groups excluding carboxylic acids is 3. The highest BCUT2D eigenvalue weighted by Crippen LogP contribution is 2.24. The van der Waals surface area contributed by atoms with E-state index in [-0.39, 0.29) is 18.4 Å². The van der Waals surface area contributed by atoms with Gasteiger partial charge in [0.25, 0.3) is 5.91 Å². The van der Waals surface area contributed by atoms with Crippen LogP contribution in [-0.4, -0.2) is 48.5 Å². The number of rotatable bonds is 8. The first-order valence-electron chi connectivity index (χ1n) is 8.49. The van der Waals surface area contributed by atoms with E-state index < -0.39 is 11.6 Å². The van der Waals surface area contributed by atoms with Gasteiger partial charge in [-0.05, 0) is 37.0 Å². The summed E-state index contributed by atoms with van der Waals surface area (Å²) in [5.74, 6) is 0.106. The number of methoxy groups -OCH3 is 1. The van der Waals surface area contributed by atoms with Gasteiger partial charge in [0.15, 0.2) is 0 Å². The zero-order valence-corrected chi connectivity index (χ0v) is 14.9. The Labute approximate surface area is 147 Å². The fourth-order valence-corrected chi connectivity index (χ4v) is 2.89. The number of hydrogen-bond acceptors (Lipinski definition) is 4. The highest BCUT2D eigenvalue weighted by Gasteiger charge is 2.49. The number of imide groups is 1. The van der Waals surface area contributed by atoms with Crippen molar-refractivity contribution in [1.82, 2.24) is 15.5 Å². The summed E-state index contributed by atoms with van der Waals surface area (Å²) in [7, 11) is 1.61. The van der Waals surface area contributed by atoms with E-state index in [0.717, 1.165) is 16.2 Å². The Kier molecular flexibility index (Phi) is 6.01. The summed E-state index contributed by atoms with van der Waals surface area (Å²) in [6, 6.07) is 7.08. The zero-order valence-electron chi connectivity index (χ0n) is 14.9. The number of carbonyl (C=O) groups is 3. The molecule has 25 heavy (non-hydrogen) atoms. The molecule has 1 saturated heterocycles. The molecule has 0 bridgehead atoms. The van der Waals surface area contributed by atoms with Crippen molar-refractivity contribution in [3.05, 3.63) is 29.8 Å². The minimum absolute atomic E-state index is 0.255. The minimum atomic E-state index is -0.875. The predicted molar refractivity (Wildman–Crippen MR) is 93.3 cm³/mol. The molecule has 136 valence electrons. The van der Waals surface area contributed by atoms with Gasteiger partial charge in [0.05, 0.1) is 7.11 Å². The Balaban J connectivity index is 1.83. The number of benzene rings is 1. The summed E-state index contributed by atoms with van der Waals surface area (Å²) in [5.41, 5.74) is 0.188. The second kappa shape index (κ2) is 8.00. The molecule has 7 heteroatoms. The van der Waals surface area contributed by atoms with Crippen LogP contribution in [0.2, 0.25) is 0 Å². The molecule has 1 aromatic rings. The molecule has 1 aliphatic heterocycles. The van der Waals surface area contributed by atoms with Crippen LogP contribution in [0.1, 0.15) is 32.3 Å². The maximum atomic E-state index is 12.4. The van der Waals surface area contributed by atoms with E-state index in [1.54, 1.807) is 7.11 Å². The molecule has 1 aliphatic rings. The molecule has 0 aliphatic carbocycles. The molecule has 2 rings (SSSR count). The lowest BCUT2D eigenvalue weighted by Gasteiger charge is -2.23. The standard InChI is InChI=1S/C18H25N3O4/c1-4-18(5-2)16(23)21(17(24)20-18)12-15(22)19-11-10-13-6-8-14(25-3)9-7-13/h6-9H,4-5,10-12H2,1-3H3,(H,19,22)(H,20,24). The van der Waals surface area contributed by atoms with Crippen molar-refractivity contribution in [3.8, 4) is 5.75 Å². The topological polar surface area (TPSA) is 87.7 Å². The Morgan fingerprint density at radius 1 is 1.20 bits per heavy atom. The smallest absolute Gasteiger partial charge is 0.325 e. The average molecular weight is 347 g/mol. The highest BCUT2D eigenvalue weighted by molar-refractivity contribution is 6.08. The quantitative estimate of drug-likeness (QED) is 0.697. The predicted octanol–water partition coefficient (Wildman–Crippen LogP) is 1.46. The molecule has 0 aromatic heterocycles. The third kappa shape index (κ3) is 4.10.